The molecule has 0 spiro atoms. The summed E-state index contributed by atoms with van der Waals surface area (Å²) in [5.41, 5.74) is 2.81. The topological polar surface area (TPSA) is 75.9 Å². The summed E-state index contributed by atoms with van der Waals surface area (Å²) in [6.45, 7) is 2.20. The maximum absolute atomic E-state index is 12.1. The fraction of sp³-hybridized carbons (Fsp3) is 0.294. The highest BCUT2D eigenvalue weighted by atomic mass is 32.1. The maximum atomic E-state index is 12.1. The lowest BCUT2D eigenvalue weighted by molar-refractivity contribution is -0.116. The van der Waals surface area contributed by atoms with Crippen molar-refractivity contribution in [3.63, 3.8) is 0 Å². The molecule has 1 amide bonds. The molecule has 0 aliphatic rings. The monoisotopic (exact) mass is 345 g/mol. The van der Waals surface area contributed by atoms with Gasteiger partial charge in [0.05, 0.1) is 12.3 Å². The van der Waals surface area contributed by atoms with Crippen molar-refractivity contribution in [3.05, 3.63) is 47.2 Å². The third-order valence-electron chi connectivity index (χ3n) is 3.51. The molecule has 24 heavy (non-hydrogen) atoms. The number of nitrogens with one attached hydrogen (secondary N) is 1. The molecule has 0 radical (unpaired) electrons. The van der Waals surface area contributed by atoms with Crippen LogP contribution in [0.5, 0.6) is 5.75 Å². The molecular weight excluding hydrogens is 326 g/mol. The average Bonchev–Trinajstić information content (AvgIpc) is 3.11. The molecule has 0 aliphatic carbocycles. The lowest BCUT2D eigenvalue weighted by Gasteiger charge is -2.07. The van der Waals surface area contributed by atoms with E-state index in [4.69, 9.17) is 9.84 Å². The van der Waals surface area contributed by atoms with Crippen LogP contribution in [-0.4, -0.2) is 33.6 Å². The normalized spacial score (nSPS) is 10.9. The van der Waals surface area contributed by atoms with Gasteiger partial charge >= 0.3 is 0 Å². The van der Waals surface area contributed by atoms with E-state index in [1.807, 2.05) is 22.9 Å². The number of anilines is 1. The molecule has 0 saturated heterocycles. The number of aliphatic hydroxyl groups is 1. The largest absolute Gasteiger partial charge is 0.491 e. The predicted molar refractivity (Wildman–Crippen MR) is 93.8 cm³/mol. The molecule has 126 valence electrons. The second-order valence-electron chi connectivity index (χ2n) is 5.41. The number of fused-ring (bicyclic) bond motifs is 1. The summed E-state index contributed by atoms with van der Waals surface area (Å²) in [4.78, 5) is 17.5. The zero-order valence-electron chi connectivity index (χ0n) is 13.4. The Bertz CT molecular complexity index is 823. The Morgan fingerprint density at radius 3 is 2.92 bits per heavy atom. The molecule has 0 aliphatic heterocycles. The average molecular weight is 345 g/mol. The number of aryl methyl sites for hydroxylation is 2. The van der Waals surface area contributed by atoms with Crippen LogP contribution in [0.25, 0.3) is 4.96 Å². The summed E-state index contributed by atoms with van der Waals surface area (Å²) in [6.07, 6.45) is 3.06. The Hall–Kier alpha value is -2.38. The van der Waals surface area contributed by atoms with Gasteiger partial charge in [-0.15, -0.1) is 11.3 Å². The highest BCUT2D eigenvalue weighted by molar-refractivity contribution is 7.15. The quantitative estimate of drug-likeness (QED) is 0.690. The van der Waals surface area contributed by atoms with Crippen LogP contribution >= 0.6 is 11.3 Å². The summed E-state index contributed by atoms with van der Waals surface area (Å²) in [5, 5.41) is 13.6. The van der Waals surface area contributed by atoms with Gasteiger partial charge in [0.15, 0.2) is 4.96 Å². The van der Waals surface area contributed by atoms with E-state index in [1.54, 1.807) is 35.6 Å². The van der Waals surface area contributed by atoms with Crippen LogP contribution in [0.4, 0.5) is 5.69 Å². The van der Waals surface area contributed by atoms with Crippen LogP contribution < -0.4 is 10.1 Å². The number of thiazole rings is 1. The number of amides is 1. The van der Waals surface area contributed by atoms with Crippen molar-refractivity contribution < 1.29 is 14.6 Å². The molecule has 2 aromatic heterocycles. The van der Waals surface area contributed by atoms with Gasteiger partial charge in [0.2, 0.25) is 5.91 Å². The number of nitrogens with zero attached hydrogens (tertiary/aromatic N) is 2. The Morgan fingerprint density at radius 1 is 1.38 bits per heavy atom. The predicted octanol–water partition coefficient (Wildman–Crippen LogP) is 2.65. The molecule has 6 nitrogen and oxygen atoms in total. The van der Waals surface area contributed by atoms with E-state index in [0.717, 1.165) is 22.0 Å². The van der Waals surface area contributed by atoms with Crippen LogP contribution in [0.2, 0.25) is 0 Å². The molecule has 0 fully saturated rings. The highest BCUT2D eigenvalue weighted by Gasteiger charge is 2.09. The fourth-order valence-corrected chi connectivity index (χ4v) is 3.34. The van der Waals surface area contributed by atoms with E-state index >= 15 is 0 Å². The molecule has 0 unspecified atom stereocenters. The van der Waals surface area contributed by atoms with Gasteiger partial charge < -0.3 is 15.2 Å². The van der Waals surface area contributed by atoms with Crippen LogP contribution in [0.1, 0.15) is 17.8 Å². The van der Waals surface area contributed by atoms with Crippen molar-refractivity contribution in [1.82, 2.24) is 9.38 Å². The summed E-state index contributed by atoms with van der Waals surface area (Å²) < 4.78 is 7.33. The number of hydrogen-bond donors (Lipinski definition) is 2. The second kappa shape index (κ2) is 7.46. The summed E-state index contributed by atoms with van der Waals surface area (Å²) >= 11 is 1.59. The molecule has 0 bridgehead atoms. The van der Waals surface area contributed by atoms with Gasteiger partial charge in [-0.05, 0) is 37.6 Å². The third-order valence-corrected chi connectivity index (χ3v) is 4.40. The number of aromatic nitrogens is 2. The minimum Gasteiger partial charge on any atom is -0.491 e. The number of carbonyl (C=O) groups is 1. The van der Waals surface area contributed by atoms with Crippen LogP contribution in [0, 0.1) is 6.92 Å². The Balaban J connectivity index is 1.53. The van der Waals surface area contributed by atoms with Gasteiger partial charge in [-0.1, -0.05) is 0 Å². The Morgan fingerprint density at radius 2 is 2.17 bits per heavy atom. The zero-order valence-corrected chi connectivity index (χ0v) is 14.2. The molecule has 1 aromatic carbocycles. The lowest BCUT2D eigenvalue weighted by atomic mass is 10.2. The van der Waals surface area contributed by atoms with Crippen molar-refractivity contribution in [1.29, 1.82) is 0 Å². The fourth-order valence-electron chi connectivity index (χ4n) is 2.38. The molecule has 3 rings (SSSR count). The first-order chi connectivity index (χ1) is 11.7. The number of rotatable bonds is 7. The first kappa shape index (κ1) is 16.5. The lowest BCUT2D eigenvalue weighted by Crippen LogP contribution is -2.12. The van der Waals surface area contributed by atoms with Crippen molar-refractivity contribution in [2.75, 3.05) is 18.5 Å². The van der Waals surface area contributed by atoms with Crippen molar-refractivity contribution in [2.45, 2.75) is 19.8 Å². The van der Waals surface area contributed by atoms with Gasteiger partial charge in [0.1, 0.15) is 12.4 Å². The van der Waals surface area contributed by atoms with Crippen LogP contribution in [0.15, 0.2) is 35.8 Å². The molecular formula is C17H19N3O3S. The van der Waals surface area contributed by atoms with Crippen LogP contribution in [0.3, 0.4) is 0 Å². The summed E-state index contributed by atoms with van der Waals surface area (Å²) in [7, 11) is 0. The van der Waals surface area contributed by atoms with Crippen molar-refractivity contribution >= 4 is 27.9 Å². The summed E-state index contributed by atoms with van der Waals surface area (Å²) in [6, 6.07) is 7.10. The van der Waals surface area contributed by atoms with E-state index in [1.165, 1.54) is 0 Å². The van der Waals surface area contributed by atoms with Crippen molar-refractivity contribution in [3.8, 4) is 5.75 Å². The van der Waals surface area contributed by atoms with E-state index in [9.17, 15) is 4.79 Å². The van der Waals surface area contributed by atoms with E-state index in [0.29, 0.717) is 18.6 Å². The molecule has 0 atom stereocenters. The molecule has 2 N–H and O–H groups in total. The minimum absolute atomic E-state index is 0.0230. The standard InChI is InChI=1S/C17H19N3O3S/c1-12-10-20-14(11-24-17(20)18-12)4-7-16(22)19-13-2-5-15(6-3-13)23-9-8-21/h2-3,5-6,10-11,21H,4,7-9H2,1H3,(H,19,22). The van der Waals surface area contributed by atoms with Gasteiger partial charge in [0, 0.05) is 29.4 Å². The van der Waals surface area contributed by atoms with Crippen molar-refractivity contribution in [2.24, 2.45) is 0 Å². The second-order valence-corrected chi connectivity index (χ2v) is 6.24. The van der Waals surface area contributed by atoms with Gasteiger partial charge in [0.25, 0.3) is 0 Å². The number of carbonyl (C=O) groups excluding carboxylic acids is 1. The molecule has 0 saturated carbocycles. The minimum atomic E-state index is -0.0322. The molecule has 7 heteroatoms. The Kier molecular flexibility index (Phi) is 5.12. The summed E-state index contributed by atoms with van der Waals surface area (Å²) in [5.74, 6) is 0.633. The SMILES string of the molecule is Cc1cn2c(CCC(=O)Nc3ccc(OCCO)cc3)csc2n1. The number of benzene rings is 1. The third kappa shape index (κ3) is 3.93. The molecule has 2 heterocycles. The zero-order chi connectivity index (χ0) is 16.9. The number of imidazole rings is 1. The first-order valence-corrected chi connectivity index (χ1v) is 8.59. The van der Waals surface area contributed by atoms with Gasteiger partial charge in [-0.3, -0.25) is 9.20 Å². The van der Waals surface area contributed by atoms with Crippen LogP contribution in [-0.2, 0) is 11.2 Å². The first-order valence-electron chi connectivity index (χ1n) is 7.71. The number of hydrogen-bond acceptors (Lipinski definition) is 5. The molecule has 3 aromatic rings. The number of aliphatic hydroxyl groups excluding tert-OH is 1. The highest BCUT2D eigenvalue weighted by Crippen LogP contribution is 2.19. The van der Waals surface area contributed by atoms with Gasteiger partial charge in [-0.25, -0.2) is 4.98 Å². The smallest absolute Gasteiger partial charge is 0.224 e. The van der Waals surface area contributed by atoms with E-state index in [2.05, 4.69) is 10.3 Å². The maximum Gasteiger partial charge on any atom is 0.224 e. The Labute approximate surface area is 143 Å². The van der Waals surface area contributed by atoms with Gasteiger partial charge in [-0.2, -0.15) is 0 Å². The number of ether oxygens (including phenoxy) is 1. The van der Waals surface area contributed by atoms with E-state index in [-0.39, 0.29) is 19.1 Å². The van der Waals surface area contributed by atoms with E-state index < -0.39 is 0 Å².